The second-order valence-electron chi connectivity index (χ2n) is 3.56. The van der Waals surface area contributed by atoms with Crippen LogP contribution >= 0.6 is 15.9 Å². The van der Waals surface area contributed by atoms with Crippen LogP contribution in [0.1, 0.15) is 13.3 Å². The minimum absolute atomic E-state index is 0.112. The van der Waals surface area contributed by atoms with E-state index in [1.807, 2.05) is 6.92 Å². The van der Waals surface area contributed by atoms with Gasteiger partial charge in [-0.25, -0.2) is 4.79 Å². The van der Waals surface area contributed by atoms with Gasteiger partial charge in [0.05, 0.1) is 5.33 Å². The number of halogens is 1. The topological polar surface area (TPSA) is 57.6 Å². The van der Waals surface area contributed by atoms with Crippen LogP contribution in [0.3, 0.4) is 0 Å². The first kappa shape index (κ1) is 11.5. The Hall–Kier alpha value is -0.580. The van der Waals surface area contributed by atoms with E-state index in [1.54, 1.807) is 0 Å². The van der Waals surface area contributed by atoms with Crippen LogP contribution in [0.4, 0.5) is 4.79 Å². The molecule has 80 valence electrons. The lowest BCUT2D eigenvalue weighted by molar-refractivity contribution is -0.120. The summed E-state index contributed by atoms with van der Waals surface area (Å²) in [7, 11) is 0. The minimum atomic E-state index is -0.923. The Balaban J connectivity index is 2.67. The van der Waals surface area contributed by atoms with E-state index >= 15 is 0 Å². The fourth-order valence-electron chi connectivity index (χ4n) is 1.90. The SMILES string of the molecule is CCC1CN(C(=O)O)CC1C(=O)CBr. The monoisotopic (exact) mass is 263 g/mol. The van der Waals surface area contributed by atoms with E-state index in [2.05, 4.69) is 15.9 Å². The standard InChI is InChI=1S/C9H14BrNO3/c1-2-6-4-11(9(13)14)5-7(6)8(12)3-10/h6-7H,2-5H2,1H3,(H,13,14). The summed E-state index contributed by atoms with van der Waals surface area (Å²) in [6.07, 6.45) is -0.0685. The van der Waals surface area contributed by atoms with Crippen molar-refractivity contribution in [3.8, 4) is 0 Å². The van der Waals surface area contributed by atoms with Crippen molar-refractivity contribution in [1.82, 2.24) is 4.90 Å². The molecule has 14 heavy (non-hydrogen) atoms. The minimum Gasteiger partial charge on any atom is -0.465 e. The van der Waals surface area contributed by atoms with E-state index in [1.165, 1.54) is 4.90 Å². The lowest BCUT2D eigenvalue weighted by Gasteiger charge is -2.12. The highest BCUT2D eigenvalue weighted by molar-refractivity contribution is 9.09. The number of amides is 1. The van der Waals surface area contributed by atoms with Gasteiger partial charge >= 0.3 is 6.09 Å². The van der Waals surface area contributed by atoms with Crippen LogP contribution in [0.2, 0.25) is 0 Å². The third-order valence-electron chi connectivity index (χ3n) is 2.78. The molecule has 1 fully saturated rings. The van der Waals surface area contributed by atoms with Crippen LogP contribution < -0.4 is 0 Å². The molecule has 1 heterocycles. The highest BCUT2D eigenvalue weighted by Gasteiger charge is 2.37. The van der Waals surface area contributed by atoms with Crippen molar-refractivity contribution < 1.29 is 14.7 Å². The normalized spacial score (nSPS) is 26.6. The van der Waals surface area contributed by atoms with Crippen LogP contribution in [-0.2, 0) is 4.79 Å². The molecule has 5 heteroatoms. The summed E-state index contributed by atoms with van der Waals surface area (Å²) in [5, 5.41) is 9.12. The quantitative estimate of drug-likeness (QED) is 0.787. The highest BCUT2D eigenvalue weighted by atomic mass is 79.9. The van der Waals surface area contributed by atoms with Gasteiger partial charge in [0.25, 0.3) is 0 Å². The third-order valence-corrected chi connectivity index (χ3v) is 3.33. The lowest BCUT2D eigenvalue weighted by atomic mass is 9.91. The molecule has 1 amide bonds. The number of Topliss-reactive ketones (excluding diaryl/α,β-unsaturated/α-hetero) is 1. The fraction of sp³-hybridized carbons (Fsp3) is 0.778. The molecule has 0 aromatic carbocycles. The van der Waals surface area contributed by atoms with Gasteiger partial charge in [-0.15, -0.1) is 0 Å². The van der Waals surface area contributed by atoms with E-state index < -0.39 is 6.09 Å². The molecule has 0 bridgehead atoms. The smallest absolute Gasteiger partial charge is 0.407 e. The summed E-state index contributed by atoms with van der Waals surface area (Å²) in [6.45, 7) is 2.85. The zero-order valence-corrected chi connectivity index (χ0v) is 9.66. The molecule has 1 aliphatic heterocycles. The number of carboxylic acid groups (broad SMARTS) is 1. The number of carbonyl (C=O) groups excluding carboxylic acids is 1. The van der Waals surface area contributed by atoms with Crippen molar-refractivity contribution in [2.75, 3.05) is 18.4 Å². The molecular formula is C9H14BrNO3. The first-order valence-electron chi connectivity index (χ1n) is 4.66. The van der Waals surface area contributed by atoms with Crippen LogP contribution in [0, 0.1) is 11.8 Å². The maximum Gasteiger partial charge on any atom is 0.407 e. The summed E-state index contributed by atoms with van der Waals surface area (Å²) in [6, 6.07) is 0. The van der Waals surface area contributed by atoms with Crippen molar-refractivity contribution in [3.63, 3.8) is 0 Å². The maximum absolute atomic E-state index is 11.5. The molecule has 2 unspecified atom stereocenters. The molecular weight excluding hydrogens is 250 g/mol. The van der Waals surface area contributed by atoms with Gasteiger partial charge in [0.2, 0.25) is 0 Å². The maximum atomic E-state index is 11.5. The first-order chi connectivity index (χ1) is 6.60. The Labute approximate surface area is 91.4 Å². The van der Waals surface area contributed by atoms with E-state index in [9.17, 15) is 9.59 Å². The highest BCUT2D eigenvalue weighted by Crippen LogP contribution is 2.27. The number of alkyl halides is 1. The molecule has 1 aliphatic rings. The van der Waals surface area contributed by atoms with Gasteiger partial charge in [-0.1, -0.05) is 29.3 Å². The molecule has 0 aromatic heterocycles. The van der Waals surface area contributed by atoms with Gasteiger partial charge < -0.3 is 10.0 Å². The molecule has 0 radical (unpaired) electrons. The Morgan fingerprint density at radius 2 is 2.14 bits per heavy atom. The Kier molecular flexibility index (Phi) is 3.92. The molecule has 4 nitrogen and oxygen atoms in total. The van der Waals surface area contributed by atoms with Gasteiger partial charge in [0.1, 0.15) is 5.78 Å². The second kappa shape index (κ2) is 4.77. The van der Waals surface area contributed by atoms with Gasteiger partial charge in [-0.2, -0.15) is 0 Å². The predicted octanol–water partition coefficient (Wildman–Crippen LogP) is 1.59. The van der Waals surface area contributed by atoms with Crippen molar-refractivity contribution in [2.24, 2.45) is 11.8 Å². The van der Waals surface area contributed by atoms with E-state index in [0.717, 1.165) is 6.42 Å². The number of ketones is 1. The lowest BCUT2D eigenvalue weighted by Crippen LogP contribution is -2.28. The number of nitrogens with zero attached hydrogens (tertiary/aromatic N) is 1. The molecule has 1 N–H and O–H groups in total. The molecule has 2 atom stereocenters. The first-order valence-corrected chi connectivity index (χ1v) is 5.78. The van der Waals surface area contributed by atoms with Gasteiger partial charge in [-0.3, -0.25) is 4.79 Å². The molecule has 0 saturated carbocycles. The van der Waals surface area contributed by atoms with Gasteiger partial charge in [0, 0.05) is 19.0 Å². The van der Waals surface area contributed by atoms with Crippen LogP contribution in [0.15, 0.2) is 0 Å². The summed E-state index contributed by atoms with van der Waals surface area (Å²) in [5.74, 6) is 0.187. The molecule has 1 rings (SSSR count). The van der Waals surface area contributed by atoms with E-state index in [4.69, 9.17) is 5.11 Å². The second-order valence-corrected chi connectivity index (χ2v) is 4.12. The summed E-state index contributed by atoms with van der Waals surface area (Å²) in [5.41, 5.74) is 0. The van der Waals surface area contributed by atoms with Crippen LogP contribution in [0.25, 0.3) is 0 Å². The molecule has 0 aromatic rings. The number of hydrogen-bond donors (Lipinski definition) is 1. The number of hydrogen-bond acceptors (Lipinski definition) is 2. The number of rotatable bonds is 3. The fourth-order valence-corrected chi connectivity index (χ4v) is 2.32. The van der Waals surface area contributed by atoms with Crippen LogP contribution in [0.5, 0.6) is 0 Å². The predicted molar refractivity (Wildman–Crippen MR) is 55.7 cm³/mol. The van der Waals surface area contributed by atoms with Crippen molar-refractivity contribution in [3.05, 3.63) is 0 Å². The van der Waals surface area contributed by atoms with Crippen molar-refractivity contribution >= 4 is 27.8 Å². The molecule has 1 saturated heterocycles. The van der Waals surface area contributed by atoms with Crippen LogP contribution in [-0.4, -0.2) is 40.3 Å². The van der Waals surface area contributed by atoms with E-state index in [0.29, 0.717) is 18.4 Å². The Morgan fingerprint density at radius 3 is 2.57 bits per heavy atom. The third kappa shape index (κ3) is 2.26. The van der Waals surface area contributed by atoms with Crippen molar-refractivity contribution in [1.29, 1.82) is 0 Å². The average molecular weight is 264 g/mol. The zero-order chi connectivity index (χ0) is 10.7. The summed E-state index contributed by atoms with van der Waals surface area (Å²) in [4.78, 5) is 23.5. The Bertz CT molecular complexity index is 244. The van der Waals surface area contributed by atoms with Gasteiger partial charge in [-0.05, 0) is 5.92 Å². The largest absolute Gasteiger partial charge is 0.465 e. The average Bonchev–Trinajstić information content (AvgIpc) is 2.60. The van der Waals surface area contributed by atoms with Gasteiger partial charge in [0.15, 0.2) is 0 Å². The molecule has 0 aliphatic carbocycles. The summed E-state index contributed by atoms with van der Waals surface area (Å²) < 4.78 is 0. The summed E-state index contributed by atoms with van der Waals surface area (Å²) >= 11 is 3.12. The number of carbonyl (C=O) groups is 2. The Morgan fingerprint density at radius 1 is 1.50 bits per heavy atom. The molecule has 0 spiro atoms. The van der Waals surface area contributed by atoms with E-state index in [-0.39, 0.29) is 17.6 Å². The number of likely N-dealkylation sites (tertiary alicyclic amines) is 1. The zero-order valence-electron chi connectivity index (χ0n) is 8.07. The van der Waals surface area contributed by atoms with Crippen molar-refractivity contribution in [2.45, 2.75) is 13.3 Å².